The first-order valence-electron chi connectivity index (χ1n) is 2.52. The average Bonchev–Trinajstić information content (AvgIpc) is 1.97. The summed E-state index contributed by atoms with van der Waals surface area (Å²) in [6.07, 6.45) is 0. The summed E-state index contributed by atoms with van der Waals surface area (Å²) in [4.78, 5) is 0. The van der Waals surface area contributed by atoms with Gasteiger partial charge in [-0.05, 0) is 6.07 Å². The van der Waals surface area contributed by atoms with E-state index in [2.05, 4.69) is 0 Å². The van der Waals surface area contributed by atoms with Crippen molar-refractivity contribution < 1.29 is 0 Å². The summed E-state index contributed by atoms with van der Waals surface area (Å²) in [5, 5.41) is 1.23. The standard InChI is InChI=1S/C6HCl5.ClH/c7-2-1-3(8)5(10)6(11)4(2)9;/h1H;1H. The Morgan fingerprint density at radius 1 is 0.667 bits per heavy atom. The zero-order valence-electron chi connectivity index (χ0n) is 5.38. The lowest BCUT2D eigenvalue weighted by molar-refractivity contribution is 1.70. The van der Waals surface area contributed by atoms with Crippen LogP contribution in [-0.2, 0) is 0 Å². The van der Waals surface area contributed by atoms with Gasteiger partial charge in [0, 0.05) is 0 Å². The number of rotatable bonds is 0. The van der Waals surface area contributed by atoms with Gasteiger partial charge in [0.05, 0.1) is 25.1 Å². The summed E-state index contributed by atoms with van der Waals surface area (Å²) in [5.41, 5.74) is 0. The van der Waals surface area contributed by atoms with Gasteiger partial charge in [-0.2, -0.15) is 0 Å². The van der Waals surface area contributed by atoms with E-state index in [9.17, 15) is 0 Å². The van der Waals surface area contributed by atoms with Gasteiger partial charge in [-0.25, -0.2) is 0 Å². The van der Waals surface area contributed by atoms with Gasteiger partial charge in [-0.3, -0.25) is 0 Å². The fourth-order valence-electron chi connectivity index (χ4n) is 0.544. The molecule has 0 bridgehead atoms. The minimum Gasteiger partial charge on any atom is -0.147 e. The fourth-order valence-corrected chi connectivity index (χ4v) is 1.65. The Kier molecular flexibility index (Phi) is 5.39. The van der Waals surface area contributed by atoms with Crippen molar-refractivity contribution in [2.24, 2.45) is 0 Å². The Bertz CT molecular complexity index is 268. The quantitative estimate of drug-likeness (QED) is 0.444. The van der Waals surface area contributed by atoms with Gasteiger partial charge in [0.15, 0.2) is 0 Å². The minimum absolute atomic E-state index is 0. The maximum atomic E-state index is 5.66. The molecule has 0 saturated heterocycles. The molecule has 0 unspecified atom stereocenters. The first-order chi connectivity index (χ1) is 5.04. The van der Waals surface area contributed by atoms with Crippen molar-refractivity contribution >= 4 is 70.4 Å². The lowest BCUT2D eigenvalue weighted by Gasteiger charge is -2.02. The van der Waals surface area contributed by atoms with Crippen LogP contribution in [0.15, 0.2) is 6.07 Å². The number of benzene rings is 1. The SMILES string of the molecule is Cl.Clc1cc(Cl)c(Cl)c(Cl)c1Cl. The molecular formula is C6H2Cl6. The Balaban J connectivity index is 0.00000121. The highest BCUT2D eigenvalue weighted by Crippen LogP contribution is 2.40. The molecule has 0 aliphatic rings. The van der Waals surface area contributed by atoms with Gasteiger partial charge in [0.2, 0.25) is 0 Å². The molecule has 0 aliphatic heterocycles. The number of hydrogen-bond donors (Lipinski definition) is 0. The van der Waals surface area contributed by atoms with E-state index in [0.29, 0.717) is 10.0 Å². The fraction of sp³-hybridized carbons (Fsp3) is 0. The van der Waals surface area contributed by atoms with Crippen LogP contribution in [0.2, 0.25) is 25.1 Å². The summed E-state index contributed by atoms with van der Waals surface area (Å²) in [6, 6.07) is 1.44. The van der Waals surface area contributed by atoms with Crippen molar-refractivity contribution in [3.8, 4) is 0 Å². The third kappa shape index (κ3) is 2.47. The van der Waals surface area contributed by atoms with Crippen LogP contribution in [-0.4, -0.2) is 0 Å². The van der Waals surface area contributed by atoms with E-state index >= 15 is 0 Å². The highest BCUT2D eigenvalue weighted by Gasteiger charge is 2.10. The summed E-state index contributed by atoms with van der Waals surface area (Å²) >= 11 is 28.2. The molecule has 68 valence electrons. The Morgan fingerprint density at radius 3 is 1.33 bits per heavy atom. The van der Waals surface area contributed by atoms with Crippen LogP contribution in [0.25, 0.3) is 0 Å². The molecule has 0 amide bonds. The van der Waals surface area contributed by atoms with Gasteiger partial charge in [0.1, 0.15) is 0 Å². The Hall–Kier alpha value is 0.960. The van der Waals surface area contributed by atoms with Crippen LogP contribution in [0, 0.1) is 0 Å². The van der Waals surface area contributed by atoms with Crippen LogP contribution < -0.4 is 0 Å². The van der Waals surface area contributed by atoms with Crippen molar-refractivity contribution in [3.05, 3.63) is 31.2 Å². The molecule has 0 radical (unpaired) electrons. The second kappa shape index (κ2) is 4.99. The van der Waals surface area contributed by atoms with E-state index < -0.39 is 0 Å². The normalized spacial score (nSPS) is 9.42. The average molecular weight is 287 g/mol. The highest BCUT2D eigenvalue weighted by atomic mass is 35.5. The molecule has 0 aromatic heterocycles. The molecule has 12 heavy (non-hydrogen) atoms. The smallest absolute Gasteiger partial charge is 0.0808 e. The lowest BCUT2D eigenvalue weighted by Crippen LogP contribution is -1.75. The molecule has 6 heteroatoms. The molecule has 0 aliphatic carbocycles. The van der Waals surface area contributed by atoms with Crippen LogP contribution in [0.1, 0.15) is 0 Å². The first kappa shape index (κ1) is 13.0. The van der Waals surface area contributed by atoms with Crippen LogP contribution in [0.4, 0.5) is 0 Å². The highest BCUT2D eigenvalue weighted by molar-refractivity contribution is 6.54. The molecule has 0 fully saturated rings. The van der Waals surface area contributed by atoms with Gasteiger partial charge in [-0.1, -0.05) is 58.0 Å². The van der Waals surface area contributed by atoms with E-state index in [1.54, 1.807) is 0 Å². The number of hydrogen-bond acceptors (Lipinski definition) is 0. The first-order valence-corrected chi connectivity index (χ1v) is 4.41. The third-order valence-electron chi connectivity index (χ3n) is 1.06. The van der Waals surface area contributed by atoms with E-state index in [1.165, 1.54) is 6.07 Å². The molecule has 0 nitrogen and oxygen atoms in total. The molecule has 0 atom stereocenters. The lowest BCUT2D eigenvalue weighted by atomic mass is 10.3. The van der Waals surface area contributed by atoms with Gasteiger partial charge >= 0.3 is 0 Å². The molecule has 0 heterocycles. The summed E-state index contributed by atoms with van der Waals surface area (Å²) in [7, 11) is 0. The van der Waals surface area contributed by atoms with Crippen LogP contribution in [0.3, 0.4) is 0 Å². The van der Waals surface area contributed by atoms with E-state index in [-0.39, 0.29) is 27.5 Å². The summed E-state index contributed by atoms with van der Waals surface area (Å²) in [5.74, 6) is 0. The van der Waals surface area contributed by atoms with E-state index in [0.717, 1.165) is 0 Å². The summed E-state index contributed by atoms with van der Waals surface area (Å²) in [6.45, 7) is 0. The molecule has 0 spiro atoms. The second-order valence-corrected chi connectivity index (χ2v) is 3.73. The van der Waals surface area contributed by atoms with E-state index in [1.807, 2.05) is 0 Å². The van der Waals surface area contributed by atoms with Gasteiger partial charge in [0.25, 0.3) is 0 Å². The zero-order valence-corrected chi connectivity index (χ0v) is 9.97. The molecular weight excluding hydrogens is 285 g/mol. The van der Waals surface area contributed by atoms with Crippen molar-refractivity contribution in [1.82, 2.24) is 0 Å². The van der Waals surface area contributed by atoms with Crippen molar-refractivity contribution in [1.29, 1.82) is 0 Å². The minimum atomic E-state index is 0. The zero-order chi connectivity index (χ0) is 8.59. The molecule has 1 aromatic carbocycles. The predicted octanol–water partition coefficient (Wildman–Crippen LogP) is 5.38. The second-order valence-electron chi connectivity index (χ2n) is 1.78. The summed E-state index contributed by atoms with van der Waals surface area (Å²) < 4.78 is 0. The number of halogens is 6. The Morgan fingerprint density at radius 2 is 1.00 bits per heavy atom. The van der Waals surface area contributed by atoms with Crippen molar-refractivity contribution in [2.45, 2.75) is 0 Å². The van der Waals surface area contributed by atoms with Gasteiger partial charge < -0.3 is 0 Å². The molecule has 1 rings (SSSR count). The monoisotopic (exact) mass is 284 g/mol. The van der Waals surface area contributed by atoms with Crippen molar-refractivity contribution in [2.75, 3.05) is 0 Å². The van der Waals surface area contributed by atoms with E-state index in [4.69, 9.17) is 58.0 Å². The third-order valence-corrected chi connectivity index (χ3v) is 3.20. The molecule has 1 aromatic rings. The maximum Gasteiger partial charge on any atom is 0.0808 e. The topological polar surface area (TPSA) is 0 Å². The van der Waals surface area contributed by atoms with Crippen LogP contribution in [0.5, 0.6) is 0 Å². The van der Waals surface area contributed by atoms with Crippen LogP contribution >= 0.6 is 70.4 Å². The van der Waals surface area contributed by atoms with Gasteiger partial charge in [-0.15, -0.1) is 12.4 Å². The molecule has 0 N–H and O–H groups in total. The predicted molar refractivity (Wildman–Crippen MR) is 58.7 cm³/mol. The van der Waals surface area contributed by atoms with Crippen molar-refractivity contribution in [3.63, 3.8) is 0 Å². The largest absolute Gasteiger partial charge is 0.147 e. The Labute approximate surface area is 101 Å². The maximum absolute atomic E-state index is 5.66. The molecule has 0 saturated carbocycles.